The highest BCUT2D eigenvalue weighted by atomic mass is 16.5. The van der Waals surface area contributed by atoms with Crippen LogP contribution in [0.1, 0.15) is 65.2 Å². The number of hydrogen-bond acceptors (Lipinski definition) is 3. The first kappa shape index (κ1) is 18.9. The lowest BCUT2D eigenvalue weighted by atomic mass is 9.75. The van der Waals surface area contributed by atoms with E-state index in [1.165, 1.54) is 44.9 Å². The second-order valence-electron chi connectivity index (χ2n) is 6.54. The van der Waals surface area contributed by atoms with Gasteiger partial charge in [0, 0.05) is 33.0 Å². The van der Waals surface area contributed by atoms with Crippen LogP contribution in [0.4, 0.5) is 0 Å². The lowest BCUT2D eigenvalue weighted by Crippen LogP contribution is -2.41. The summed E-state index contributed by atoms with van der Waals surface area (Å²) in [4.78, 5) is 0. The van der Waals surface area contributed by atoms with Gasteiger partial charge in [-0.25, -0.2) is 0 Å². The Hall–Kier alpha value is -0.120. The van der Waals surface area contributed by atoms with Gasteiger partial charge in [-0.15, -0.1) is 0 Å². The molecule has 1 aliphatic rings. The molecular weight excluding hydrogens is 262 g/mol. The molecule has 0 amide bonds. The van der Waals surface area contributed by atoms with Crippen LogP contribution >= 0.6 is 0 Å². The Labute approximate surface area is 132 Å². The maximum absolute atomic E-state index is 5.78. The van der Waals surface area contributed by atoms with Crippen LogP contribution < -0.4 is 5.32 Å². The highest BCUT2D eigenvalue weighted by Crippen LogP contribution is 2.34. The largest absolute Gasteiger partial charge is 0.385 e. The predicted molar refractivity (Wildman–Crippen MR) is 89.7 cm³/mol. The molecule has 0 heterocycles. The van der Waals surface area contributed by atoms with Crippen molar-refractivity contribution in [3.8, 4) is 0 Å². The van der Waals surface area contributed by atoms with E-state index in [0.29, 0.717) is 0 Å². The quantitative estimate of drug-likeness (QED) is 0.552. The van der Waals surface area contributed by atoms with Gasteiger partial charge in [-0.1, -0.05) is 26.7 Å². The molecule has 0 spiro atoms. The smallest absolute Gasteiger partial charge is 0.0487 e. The van der Waals surface area contributed by atoms with Gasteiger partial charge in [0.1, 0.15) is 0 Å². The van der Waals surface area contributed by atoms with Crippen molar-refractivity contribution in [2.45, 2.75) is 71.3 Å². The van der Waals surface area contributed by atoms with Crippen LogP contribution in [0, 0.1) is 11.8 Å². The van der Waals surface area contributed by atoms with E-state index >= 15 is 0 Å². The van der Waals surface area contributed by atoms with Gasteiger partial charge in [0.15, 0.2) is 0 Å². The third-order valence-electron chi connectivity index (χ3n) is 4.71. The fraction of sp³-hybridized carbons (Fsp3) is 1.00. The normalized spacial score (nSPS) is 26.1. The Morgan fingerprint density at radius 2 is 1.86 bits per heavy atom. The molecule has 3 heteroatoms. The predicted octanol–water partition coefficient (Wildman–Crippen LogP) is 4.01. The van der Waals surface area contributed by atoms with E-state index in [9.17, 15) is 0 Å². The summed E-state index contributed by atoms with van der Waals surface area (Å²) < 4.78 is 10.8. The SMILES string of the molecule is CCCNC1CCC(CCC)CC1CCOCCCOC. The summed E-state index contributed by atoms with van der Waals surface area (Å²) in [5.74, 6) is 1.76. The Kier molecular flexibility index (Phi) is 11.2. The van der Waals surface area contributed by atoms with Gasteiger partial charge in [0.2, 0.25) is 0 Å². The molecular formula is C18H37NO2. The summed E-state index contributed by atoms with van der Waals surface area (Å²) in [6.45, 7) is 8.29. The lowest BCUT2D eigenvalue weighted by Gasteiger charge is -2.37. The zero-order chi connectivity index (χ0) is 15.3. The van der Waals surface area contributed by atoms with Crippen molar-refractivity contribution in [3.63, 3.8) is 0 Å². The Balaban J connectivity index is 2.27. The highest BCUT2D eigenvalue weighted by molar-refractivity contribution is 4.84. The summed E-state index contributed by atoms with van der Waals surface area (Å²) in [5, 5.41) is 3.77. The van der Waals surface area contributed by atoms with Gasteiger partial charge in [0.25, 0.3) is 0 Å². The van der Waals surface area contributed by atoms with Crippen LogP contribution in [0.25, 0.3) is 0 Å². The van der Waals surface area contributed by atoms with Crippen LogP contribution in [0.3, 0.4) is 0 Å². The molecule has 1 aliphatic carbocycles. The average Bonchev–Trinajstić information content (AvgIpc) is 2.50. The molecule has 3 unspecified atom stereocenters. The molecule has 0 aromatic carbocycles. The first-order valence-corrected chi connectivity index (χ1v) is 9.11. The molecule has 0 aliphatic heterocycles. The number of nitrogens with one attached hydrogen (secondary N) is 1. The molecule has 3 atom stereocenters. The van der Waals surface area contributed by atoms with Gasteiger partial charge in [-0.3, -0.25) is 0 Å². The van der Waals surface area contributed by atoms with Gasteiger partial charge in [-0.05, 0) is 56.9 Å². The molecule has 0 aromatic rings. The van der Waals surface area contributed by atoms with Crippen LogP contribution in [-0.2, 0) is 9.47 Å². The van der Waals surface area contributed by atoms with E-state index in [1.807, 2.05) is 0 Å². The second-order valence-corrected chi connectivity index (χ2v) is 6.54. The van der Waals surface area contributed by atoms with E-state index < -0.39 is 0 Å². The van der Waals surface area contributed by atoms with E-state index in [-0.39, 0.29) is 0 Å². The summed E-state index contributed by atoms with van der Waals surface area (Å²) in [6, 6.07) is 0.723. The zero-order valence-electron chi connectivity index (χ0n) is 14.5. The van der Waals surface area contributed by atoms with Crippen molar-refractivity contribution < 1.29 is 9.47 Å². The molecule has 0 radical (unpaired) electrons. The monoisotopic (exact) mass is 299 g/mol. The molecule has 21 heavy (non-hydrogen) atoms. The minimum atomic E-state index is 0.723. The minimum Gasteiger partial charge on any atom is -0.385 e. The minimum absolute atomic E-state index is 0.723. The Morgan fingerprint density at radius 3 is 2.57 bits per heavy atom. The van der Waals surface area contributed by atoms with E-state index in [0.717, 1.165) is 50.7 Å². The van der Waals surface area contributed by atoms with Crippen LogP contribution in [0.2, 0.25) is 0 Å². The number of hydrogen-bond donors (Lipinski definition) is 1. The van der Waals surface area contributed by atoms with Crippen molar-refractivity contribution in [2.75, 3.05) is 33.5 Å². The maximum atomic E-state index is 5.78. The Morgan fingerprint density at radius 1 is 1.00 bits per heavy atom. The summed E-state index contributed by atoms with van der Waals surface area (Å²) in [7, 11) is 1.75. The van der Waals surface area contributed by atoms with Gasteiger partial charge in [-0.2, -0.15) is 0 Å². The topological polar surface area (TPSA) is 30.5 Å². The molecule has 0 saturated heterocycles. The van der Waals surface area contributed by atoms with Crippen molar-refractivity contribution in [1.82, 2.24) is 5.32 Å². The van der Waals surface area contributed by atoms with Crippen LogP contribution in [-0.4, -0.2) is 39.5 Å². The lowest BCUT2D eigenvalue weighted by molar-refractivity contribution is 0.0785. The molecule has 1 saturated carbocycles. The molecule has 1 N–H and O–H groups in total. The summed E-state index contributed by atoms with van der Waals surface area (Å²) in [6.07, 6.45) is 10.4. The first-order valence-electron chi connectivity index (χ1n) is 9.11. The van der Waals surface area contributed by atoms with Crippen LogP contribution in [0.15, 0.2) is 0 Å². The van der Waals surface area contributed by atoms with Crippen molar-refractivity contribution in [1.29, 1.82) is 0 Å². The van der Waals surface area contributed by atoms with Crippen LogP contribution in [0.5, 0.6) is 0 Å². The fourth-order valence-corrected chi connectivity index (χ4v) is 3.59. The maximum Gasteiger partial charge on any atom is 0.0487 e. The molecule has 1 rings (SSSR count). The number of ether oxygens (including phenoxy) is 2. The zero-order valence-corrected chi connectivity index (χ0v) is 14.5. The Bertz CT molecular complexity index is 235. The third kappa shape index (κ3) is 8.18. The van der Waals surface area contributed by atoms with E-state index in [2.05, 4.69) is 19.2 Å². The standard InChI is InChI=1S/C18H37NO2/c1-4-7-16-8-9-18(19-11-5-2)17(15-16)10-14-21-13-6-12-20-3/h16-19H,4-15H2,1-3H3. The van der Waals surface area contributed by atoms with Gasteiger partial charge in [0.05, 0.1) is 0 Å². The summed E-state index contributed by atoms with van der Waals surface area (Å²) in [5.41, 5.74) is 0. The number of rotatable bonds is 12. The molecule has 0 bridgehead atoms. The number of methoxy groups -OCH3 is 1. The van der Waals surface area contributed by atoms with E-state index in [1.54, 1.807) is 7.11 Å². The fourth-order valence-electron chi connectivity index (χ4n) is 3.59. The molecule has 3 nitrogen and oxygen atoms in total. The van der Waals surface area contributed by atoms with Gasteiger partial charge >= 0.3 is 0 Å². The van der Waals surface area contributed by atoms with Crippen molar-refractivity contribution >= 4 is 0 Å². The van der Waals surface area contributed by atoms with Gasteiger partial charge < -0.3 is 14.8 Å². The second kappa shape index (κ2) is 12.4. The molecule has 1 fully saturated rings. The van der Waals surface area contributed by atoms with E-state index in [4.69, 9.17) is 9.47 Å². The summed E-state index contributed by atoms with van der Waals surface area (Å²) >= 11 is 0. The average molecular weight is 299 g/mol. The van der Waals surface area contributed by atoms with Crippen molar-refractivity contribution in [2.24, 2.45) is 11.8 Å². The highest BCUT2D eigenvalue weighted by Gasteiger charge is 2.29. The third-order valence-corrected chi connectivity index (χ3v) is 4.71. The first-order chi connectivity index (χ1) is 10.3. The molecule has 126 valence electrons. The molecule has 0 aromatic heterocycles. The van der Waals surface area contributed by atoms with Crippen molar-refractivity contribution in [3.05, 3.63) is 0 Å².